The van der Waals surface area contributed by atoms with Crippen molar-refractivity contribution in [2.75, 3.05) is 23.0 Å². The van der Waals surface area contributed by atoms with Crippen molar-refractivity contribution in [1.82, 2.24) is 0 Å². The van der Waals surface area contributed by atoms with Crippen LogP contribution in [-0.4, -0.2) is 33.7 Å². The summed E-state index contributed by atoms with van der Waals surface area (Å²) >= 11 is 18.1. The molecule has 0 fully saturated rings. The van der Waals surface area contributed by atoms with Crippen molar-refractivity contribution in [3.63, 3.8) is 0 Å². The average molecular weight is 452 g/mol. The van der Waals surface area contributed by atoms with Crippen molar-refractivity contribution in [1.29, 1.82) is 0 Å². The molecule has 0 aromatic heterocycles. The highest BCUT2D eigenvalue weighted by molar-refractivity contribution is 7.92. The number of carbonyl (C=O) groups excluding carboxylic acids is 1. The normalized spacial score (nSPS) is 12.4. The molecule has 2 aromatic carbocycles. The van der Waals surface area contributed by atoms with E-state index >= 15 is 0 Å². The van der Waals surface area contributed by atoms with Crippen molar-refractivity contribution >= 4 is 62.1 Å². The fraction of sp³-hybridized carbons (Fsp3) is 0.235. The van der Waals surface area contributed by atoms with Gasteiger partial charge in [-0.05, 0) is 43.3 Å². The van der Waals surface area contributed by atoms with E-state index in [4.69, 9.17) is 39.5 Å². The summed E-state index contributed by atoms with van der Waals surface area (Å²) in [5.41, 5.74) is 0.505. The number of rotatable bonds is 6. The number of hydrogen-bond acceptors (Lipinski definition) is 4. The van der Waals surface area contributed by atoms with E-state index in [2.05, 4.69) is 5.32 Å². The number of methoxy groups -OCH3 is 1. The zero-order chi connectivity index (χ0) is 20.4. The zero-order valence-corrected chi connectivity index (χ0v) is 17.7. The smallest absolute Gasteiger partial charge is 0.248 e. The van der Waals surface area contributed by atoms with Gasteiger partial charge < -0.3 is 10.1 Å². The van der Waals surface area contributed by atoms with Crippen molar-refractivity contribution in [3.8, 4) is 5.75 Å². The molecule has 10 heteroatoms. The number of nitrogens with one attached hydrogen (secondary N) is 1. The van der Waals surface area contributed by atoms with Crippen molar-refractivity contribution in [3.05, 3.63) is 51.5 Å². The van der Waals surface area contributed by atoms with Crippen LogP contribution >= 0.6 is 34.8 Å². The fourth-order valence-electron chi connectivity index (χ4n) is 2.43. The second kappa shape index (κ2) is 8.56. The highest BCUT2D eigenvalue weighted by Gasteiger charge is 2.30. The molecule has 0 aliphatic heterocycles. The maximum Gasteiger partial charge on any atom is 0.248 e. The second-order valence-electron chi connectivity index (χ2n) is 5.67. The molecule has 0 unspecified atom stereocenters. The van der Waals surface area contributed by atoms with Crippen molar-refractivity contribution in [2.45, 2.75) is 13.0 Å². The Morgan fingerprint density at radius 2 is 1.78 bits per heavy atom. The van der Waals surface area contributed by atoms with Crippen LogP contribution in [-0.2, 0) is 14.8 Å². The van der Waals surface area contributed by atoms with Gasteiger partial charge in [0.15, 0.2) is 0 Å². The van der Waals surface area contributed by atoms with Gasteiger partial charge in [-0.1, -0.05) is 34.8 Å². The average Bonchev–Trinajstić information content (AvgIpc) is 2.57. The maximum absolute atomic E-state index is 12.7. The summed E-state index contributed by atoms with van der Waals surface area (Å²) in [6.45, 7) is 1.45. The third kappa shape index (κ3) is 5.19. The van der Waals surface area contributed by atoms with Crippen LogP contribution < -0.4 is 14.4 Å². The van der Waals surface area contributed by atoms with E-state index in [1.807, 2.05) is 0 Å². The number of nitrogens with zero attached hydrogens (tertiary/aromatic N) is 1. The van der Waals surface area contributed by atoms with Crippen molar-refractivity contribution in [2.24, 2.45) is 0 Å². The largest absolute Gasteiger partial charge is 0.495 e. The van der Waals surface area contributed by atoms with Gasteiger partial charge in [-0.25, -0.2) is 8.42 Å². The summed E-state index contributed by atoms with van der Waals surface area (Å²) in [6, 6.07) is 7.93. The van der Waals surface area contributed by atoms with Crippen LogP contribution in [0.3, 0.4) is 0 Å². The van der Waals surface area contributed by atoms with Crippen LogP contribution in [0.15, 0.2) is 36.4 Å². The zero-order valence-electron chi connectivity index (χ0n) is 14.7. The summed E-state index contributed by atoms with van der Waals surface area (Å²) in [4.78, 5) is 12.7. The molecule has 0 bridgehead atoms. The van der Waals surface area contributed by atoms with E-state index in [0.29, 0.717) is 10.8 Å². The Labute approximate surface area is 173 Å². The van der Waals surface area contributed by atoms with Crippen LogP contribution in [0.25, 0.3) is 0 Å². The number of sulfonamides is 1. The molecular formula is C17H17Cl3N2O4S. The highest BCUT2D eigenvalue weighted by atomic mass is 35.5. The van der Waals surface area contributed by atoms with Crippen LogP contribution in [0.2, 0.25) is 15.1 Å². The SMILES string of the molecule is COc1ccc(N([C@@H](C)C(=O)Nc2cc(Cl)ccc2Cl)S(C)(=O)=O)cc1Cl. The molecule has 2 rings (SSSR count). The monoisotopic (exact) mass is 450 g/mol. The molecule has 2 aromatic rings. The quantitative estimate of drug-likeness (QED) is 0.704. The summed E-state index contributed by atoms with van der Waals surface area (Å²) in [6.07, 6.45) is 1.00. The third-order valence-electron chi connectivity index (χ3n) is 3.66. The van der Waals surface area contributed by atoms with Crippen LogP contribution in [0.1, 0.15) is 6.92 Å². The predicted molar refractivity (Wildman–Crippen MR) is 110 cm³/mol. The van der Waals surface area contributed by atoms with Gasteiger partial charge in [-0.3, -0.25) is 9.10 Å². The van der Waals surface area contributed by atoms with E-state index < -0.39 is 22.0 Å². The summed E-state index contributed by atoms with van der Waals surface area (Å²) < 4.78 is 30.7. The van der Waals surface area contributed by atoms with Gasteiger partial charge in [0.1, 0.15) is 11.8 Å². The first-order valence-corrected chi connectivity index (χ1v) is 10.6. The minimum Gasteiger partial charge on any atom is -0.495 e. The molecule has 0 saturated heterocycles. The van der Waals surface area contributed by atoms with Crippen molar-refractivity contribution < 1.29 is 17.9 Å². The molecule has 0 spiro atoms. The summed E-state index contributed by atoms with van der Waals surface area (Å²) in [5, 5.41) is 3.46. The van der Waals surface area contributed by atoms with Gasteiger partial charge >= 0.3 is 0 Å². The van der Waals surface area contributed by atoms with Gasteiger partial charge in [0.05, 0.1) is 34.8 Å². The lowest BCUT2D eigenvalue weighted by Crippen LogP contribution is -2.45. The van der Waals surface area contributed by atoms with Gasteiger partial charge in [-0.15, -0.1) is 0 Å². The Balaban J connectivity index is 2.37. The first-order chi connectivity index (χ1) is 12.5. The molecular weight excluding hydrogens is 435 g/mol. The van der Waals surface area contributed by atoms with Crippen LogP contribution in [0.4, 0.5) is 11.4 Å². The van der Waals surface area contributed by atoms with Gasteiger partial charge in [-0.2, -0.15) is 0 Å². The molecule has 0 heterocycles. The fourth-order valence-corrected chi connectivity index (χ4v) is 4.19. The summed E-state index contributed by atoms with van der Waals surface area (Å²) in [5.74, 6) is -0.201. The minimum atomic E-state index is -3.80. The van der Waals surface area contributed by atoms with E-state index in [9.17, 15) is 13.2 Å². The molecule has 0 aliphatic rings. The Morgan fingerprint density at radius 1 is 1.11 bits per heavy atom. The van der Waals surface area contributed by atoms with Gasteiger partial charge in [0.25, 0.3) is 0 Å². The topological polar surface area (TPSA) is 75.7 Å². The van der Waals surface area contributed by atoms with Crippen LogP contribution in [0, 0.1) is 0 Å². The number of carbonyl (C=O) groups is 1. The molecule has 0 radical (unpaired) electrons. The van der Waals surface area contributed by atoms with E-state index in [1.54, 1.807) is 6.07 Å². The molecule has 1 atom stereocenters. The predicted octanol–water partition coefficient (Wildman–Crippen LogP) is 4.45. The Bertz CT molecular complexity index is 967. The number of ether oxygens (including phenoxy) is 1. The first kappa shape index (κ1) is 21.6. The molecule has 6 nitrogen and oxygen atoms in total. The highest BCUT2D eigenvalue weighted by Crippen LogP contribution is 2.32. The molecule has 146 valence electrons. The number of benzene rings is 2. The third-order valence-corrected chi connectivity index (χ3v) is 5.77. The summed E-state index contributed by atoms with van der Waals surface area (Å²) in [7, 11) is -2.35. The number of halogens is 3. The Kier molecular flexibility index (Phi) is 6.86. The van der Waals surface area contributed by atoms with E-state index in [1.165, 1.54) is 44.4 Å². The molecule has 1 amide bonds. The lowest BCUT2D eigenvalue weighted by Gasteiger charge is -2.28. The molecule has 27 heavy (non-hydrogen) atoms. The maximum atomic E-state index is 12.7. The Morgan fingerprint density at radius 3 is 2.33 bits per heavy atom. The lowest BCUT2D eigenvalue weighted by atomic mass is 10.2. The van der Waals surface area contributed by atoms with Gasteiger partial charge in [0, 0.05) is 5.02 Å². The number of amides is 1. The van der Waals surface area contributed by atoms with E-state index in [0.717, 1.165) is 10.6 Å². The Hall–Kier alpha value is -1.67. The molecule has 0 saturated carbocycles. The molecule has 1 N–H and O–H groups in total. The molecule has 0 aliphatic carbocycles. The lowest BCUT2D eigenvalue weighted by molar-refractivity contribution is -0.116. The second-order valence-corrected chi connectivity index (χ2v) is 8.78. The van der Waals surface area contributed by atoms with E-state index in [-0.39, 0.29) is 21.4 Å². The standard InChI is InChI=1S/C17H17Cl3N2O4S/c1-10(17(23)21-15-8-11(18)4-6-13(15)19)22(27(3,24)25)12-5-7-16(26-2)14(20)9-12/h4-10H,1-3H3,(H,21,23)/t10-/m0/s1. The van der Waals surface area contributed by atoms with Crippen LogP contribution in [0.5, 0.6) is 5.75 Å². The number of hydrogen-bond donors (Lipinski definition) is 1. The van der Waals surface area contributed by atoms with Gasteiger partial charge in [0.2, 0.25) is 15.9 Å². The minimum absolute atomic E-state index is 0.217. The first-order valence-electron chi connectivity index (χ1n) is 7.63. The number of anilines is 2.